The summed E-state index contributed by atoms with van der Waals surface area (Å²) in [4.78, 5) is 11.1. The van der Waals surface area contributed by atoms with Crippen molar-refractivity contribution in [3.05, 3.63) is 0 Å². The highest BCUT2D eigenvalue weighted by molar-refractivity contribution is 5.98. The molecule has 0 fully saturated rings. The van der Waals surface area contributed by atoms with Crippen molar-refractivity contribution in [2.24, 2.45) is 16.8 Å². The Morgan fingerprint density at radius 2 is 2.19 bits per heavy atom. The van der Waals surface area contributed by atoms with Crippen molar-refractivity contribution in [3.8, 4) is 0 Å². The molecule has 0 radical (unpaired) electrons. The Bertz CT molecular complexity index is 229. The first-order valence-electron chi connectivity index (χ1n) is 5.37. The van der Waals surface area contributed by atoms with Crippen LogP contribution in [0.3, 0.4) is 0 Å². The zero-order valence-electron chi connectivity index (χ0n) is 9.90. The maximum Gasteiger partial charge on any atom is 0.227 e. The molecule has 0 aromatic heterocycles. The molecule has 16 heavy (non-hydrogen) atoms. The lowest BCUT2D eigenvalue weighted by atomic mass is 10.1. The fourth-order valence-electron chi connectivity index (χ4n) is 0.946. The molecule has 6 heteroatoms. The number of nitrogens with zero attached hydrogens (tertiary/aromatic N) is 1. The van der Waals surface area contributed by atoms with E-state index in [1.165, 1.54) is 0 Å². The second-order valence-corrected chi connectivity index (χ2v) is 3.91. The summed E-state index contributed by atoms with van der Waals surface area (Å²) in [5.41, 5.74) is 5.17. The Labute approximate surface area is 95.8 Å². The van der Waals surface area contributed by atoms with Crippen LogP contribution in [0.2, 0.25) is 0 Å². The molecule has 0 saturated carbocycles. The van der Waals surface area contributed by atoms with Gasteiger partial charge in [0.1, 0.15) is 5.84 Å². The van der Waals surface area contributed by atoms with Gasteiger partial charge in [0.05, 0.1) is 13.0 Å². The molecule has 0 aliphatic heterocycles. The van der Waals surface area contributed by atoms with E-state index in [1.807, 2.05) is 0 Å². The molecule has 0 aliphatic carbocycles. The second kappa shape index (κ2) is 8.96. The fraction of sp³-hybridized carbons (Fsp3) is 0.800. The molecule has 0 atom stereocenters. The van der Waals surface area contributed by atoms with Gasteiger partial charge in [0.15, 0.2) is 0 Å². The van der Waals surface area contributed by atoms with E-state index in [0.29, 0.717) is 25.7 Å². The van der Waals surface area contributed by atoms with Gasteiger partial charge in [-0.3, -0.25) is 4.79 Å². The average molecular weight is 231 g/mol. The number of nitrogens with two attached hydrogens (primary N) is 1. The van der Waals surface area contributed by atoms with Gasteiger partial charge in [0.25, 0.3) is 0 Å². The summed E-state index contributed by atoms with van der Waals surface area (Å²) in [7, 11) is 0. The van der Waals surface area contributed by atoms with E-state index in [4.69, 9.17) is 15.7 Å². The van der Waals surface area contributed by atoms with Gasteiger partial charge in [-0.05, 0) is 12.3 Å². The van der Waals surface area contributed by atoms with Crippen molar-refractivity contribution < 1.29 is 14.7 Å². The minimum atomic E-state index is -0.275. The minimum Gasteiger partial charge on any atom is -0.409 e. The summed E-state index contributed by atoms with van der Waals surface area (Å²) < 4.78 is 5.30. The minimum absolute atomic E-state index is 0.0947. The molecule has 0 saturated heterocycles. The Morgan fingerprint density at radius 3 is 2.75 bits per heavy atom. The number of hydrogen-bond acceptors (Lipinski definition) is 4. The maximum absolute atomic E-state index is 11.1. The van der Waals surface area contributed by atoms with E-state index in [0.717, 1.165) is 6.42 Å². The Balaban J connectivity index is 3.35. The lowest BCUT2D eigenvalue weighted by molar-refractivity contribution is -0.120. The standard InChI is InChI=1S/C10H21N3O3/c1-8(2)3-5-16-6-4-12-10(14)7-9(11)13-15/h8,15H,3-7H2,1-2H3,(H2,11,13)(H,12,14). The molecule has 1 amide bonds. The normalized spacial score (nSPS) is 11.8. The third kappa shape index (κ3) is 9.26. The predicted octanol–water partition coefficient (Wildman–Crippen LogP) is 0.302. The number of carbonyl (C=O) groups is 1. The summed E-state index contributed by atoms with van der Waals surface area (Å²) in [6.07, 6.45) is 0.917. The topological polar surface area (TPSA) is 96.9 Å². The first kappa shape index (κ1) is 14.7. The van der Waals surface area contributed by atoms with Crippen molar-refractivity contribution in [1.29, 1.82) is 0 Å². The van der Waals surface area contributed by atoms with E-state index in [2.05, 4.69) is 24.3 Å². The second-order valence-electron chi connectivity index (χ2n) is 3.91. The third-order valence-corrected chi connectivity index (χ3v) is 1.88. The van der Waals surface area contributed by atoms with Crippen LogP contribution in [-0.4, -0.2) is 36.7 Å². The van der Waals surface area contributed by atoms with Crippen LogP contribution in [0.5, 0.6) is 0 Å². The van der Waals surface area contributed by atoms with Crippen molar-refractivity contribution in [2.75, 3.05) is 19.8 Å². The number of hydrogen-bond donors (Lipinski definition) is 3. The Morgan fingerprint density at radius 1 is 1.50 bits per heavy atom. The highest BCUT2D eigenvalue weighted by atomic mass is 16.5. The highest BCUT2D eigenvalue weighted by Crippen LogP contribution is 1.98. The molecule has 0 aliphatic rings. The van der Waals surface area contributed by atoms with Crippen LogP contribution in [0.4, 0.5) is 0 Å². The van der Waals surface area contributed by atoms with Gasteiger partial charge in [0, 0.05) is 13.2 Å². The van der Waals surface area contributed by atoms with Crippen LogP contribution < -0.4 is 11.1 Å². The summed E-state index contributed by atoms with van der Waals surface area (Å²) in [5, 5.41) is 13.5. The van der Waals surface area contributed by atoms with Gasteiger partial charge in [-0.2, -0.15) is 0 Å². The quantitative estimate of drug-likeness (QED) is 0.184. The van der Waals surface area contributed by atoms with Gasteiger partial charge in [-0.25, -0.2) is 0 Å². The number of amidine groups is 1. The van der Waals surface area contributed by atoms with Crippen molar-refractivity contribution in [3.63, 3.8) is 0 Å². The van der Waals surface area contributed by atoms with Gasteiger partial charge in [-0.15, -0.1) is 0 Å². The molecule has 0 bridgehead atoms. The van der Waals surface area contributed by atoms with Crippen LogP contribution in [0.1, 0.15) is 26.7 Å². The lowest BCUT2D eigenvalue weighted by Crippen LogP contribution is -2.31. The molecule has 94 valence electrons. The molecular weight excluding hydrogens is 210 g/mol. The van der Waals surface area contributed by atoms with Crippen LogP contribution in [0.15, 0.2) is 5.16 Å². The molecule has 0 spiro atoms. The van der Waals surface area contributed by atoms with Crippen molar-refractivity contribution in [1.82, 2.24) is 5.32 Å². The SMILES string of the molecule is CC(C)CCOCCNC(=O)CC(N)=NO. The first-order valence-corrected chi connectivity index (χ1v) is 5.37. The maximum atomic E-state index is 11.1. The number of rotatable bonds is 8. The van der Waals surface area contributed by atoms with Gasteiger partial charge in [0.2, 0.25) is 5.91 Å². The number of ether oxygens (including phenoxy) is 1. The van der Waals surface area contributed by atoms with Crippen molar-refractivity contribution >= 4 is 11.7 Å². The van der Waals surface area contributed by atoms with Crippen molar-refractivity contribution in [2.45, 2.75) is 26.7 Å². The van der Waals surface area contributed by atoms with Crippen LogP contribution in [0, 0.1) is 5.92 Å². The summed E-state index contributed by atoms with van der Waals surface area (Å²) in [6, 6.07) is 0. The molecule has 4 N–H and O–H groups in total. The van der Waals surface area contributed by atoms with Gasteiger partial charge >= 0.3 is 0 Å². The Hall–Kier alpha value is -1.30. The molecule has 0 heterocycles. The summed E-state index contributed by atoms with van der Waals surface area (Å²) in [5.74, 6) is 0.246. The molecule has 6 nitrogen and oxygen atoms in total. The molecule has 0 rings (SSSR count). The van der Waals surface area contributed by atoms with E-state index in [-0.39, 0.29) is 18.2 Å². The fourth-order valence-corrected chi connectivity index (χ4v) is 0.946. The largest absolute Gasteiger partial charge is 0.409 e. The lowest BCUT2D eigenvalue weighted by Gasteiger charge is -2.07. The molecular formula is C10H21N3O3. The monoisotopic (exact) mass is 231 g/mol. The smallest absolute Gasteiger partial charge is 0.227 e. The number of carbonyl (C=O) groups excluding carboxylic acids is 1. The highest BCUT2D eigenvalue weighted by Gasteiger charge is 2.03. The number of oxime groups is 1. The van der Waals surface area contributed by atoms with E-state index >= 15 is 0 Å². The molecule has 0 unspecified atom stereocenters. The van der Waals surface area contributed by atoms with Crippen LogP contribution in [0.25, 0.3) is 0 Å². The van der Waals surface area contributed by atoms with E-state index in [9.17, 15) is 4.79 Å². The Kier molecular flexibility index (Phi) is 8.24. The number of amides is 1. The predicted molar refractivity (Wildman–Crippen MR) is 61.3 cm³/mol. The number of nitrogens with one attached hydrogen (secondary N) is 1. The summed E-state index contributed by atoms with van der Waals surface area (Å²) in [6.45, 7) is 5.88. The van der Waals surface area contributed by atoms with Crippen LogP contribution in [-0.2, 0) is 9.53 Å². The van der Waals surface area contributed by atoms with Crippen LogP contribution >= 0.6 is 0 Å². The van der Waals surface area contributed by atoms with E-state index in [1.54, 1.807) is 0 Å². The van der Waals surface area contributed by atoms with Gasteiger partial charge in [-0.1, -0.05) is 19.0 Å². The van der Waals surface area contributed by atoms with E-state index < -0.39 is 0 Å². The third-order valence-electron chi connectivity index (χ3n) is 1.88. The first-order chi connectivity index (χ1) is 7.56. The average Bonchev–Trinajstić information content (AvgIpc) is 2.22. The summed E-state index contributed by atoms with van der Waals surface area (Å²) >= 11 is 0. The molecule has 0 aromatic rings. The zero-order chi connectivity index (χ0) is 12.4. The van der Waals surface area contributed by atoms with Gasteiger partial charge < -0.3 is 21.0 Å². The molecule has 0 aromatic carbocycles. The zero-order valence-corrected chi connectivity index (χ0v) is 9.90.